The highest BCUT2D eigenvalue weighted by Crippen LogP contribution is 2.32. The molecule has 112 valence electrons. The molecule has 1 aliphatic rings. The predicted octanol–water partition coefficient (Wildman–Crippen LogP) is 5.79. The lowest BCUT2D eigenvalue weighted by molar-refractivity contribution is 0.587. The molecule has 0 amide bonds. The van der Waals surface area contributed by atoms with Gasteiger partial charge in [0.1, 0.15) is 0 Å². The van der Waals surface area contributed by atoms with E-state index in [0.717, 1.165) is 6.42 Å². The maximum Gasteiger partial charge on any atom is 0.0524 e. The Bertz CT molecular complexity index is 798. The third-order valence-electron chi connectivity index (χ3n) is 3.94. The van der Waals surface area contributed by atoms with Gasteiger partial charge in [0.15, 0.2) is 0 Å². The van der Waals surface area contributed by atoms with E-state index in [1.807, 2.05) is 0 Å². The highest BCUT2D eigenvalue weighted by atomic mass is 14.8. The molecule has 0 aromatic heterocycles. The molecule has 0 spiro atoms. The van der Waals surface area contributed by atoms with Gasteiger partial charge in [-0.2, -0.15) is 0 Å². The van der Waals surface area contributed by atoms with Crippen LogP contribution < -0.4 is 0 Å². The fraction of sp³-hybridized carbons (Fsp3) is 0.286. The standard InChI is InChI=1S/C21H23N/c1-15-9-10-17(13-15)19-12-11-16-7-5-6-8-18(16)20(19)14-22-21(2,3)4/h5-9,11-14H,10H2,1-4H3/b22-14+. The average Bonchev–Trinajstić information content (AvgIpc) is 2.90. The number of nitrogens with zero attached hydrogens (tertiary/aromatic N) is 1. The molecular weight excluding hydrogens is 266 g/mol. The zero-order valence-electron chi connectivity index (χ0n) is 13.9. The van der Waals surface area contributed by atoms with Gasteiger partial charge in [-0.1, -0.05) is 54.1 Å². The van der Waals surface area contributed by atoms with Crippen LogP contribution in [0.15, 0.2) is 59.1 Å². The molecule has 0 bridgehead atoms. The number of rotatable bonds is 2. The second-order valence-corrected chi connectivity index (χ2v) is 7.00. The van der Waals surface area contributed by atoms with Crippen LogP contribution in [0.25, 0.3) is 16.3 Å². The maximum absolute atomic E-state index is 4.76. The minimum atomic E-state index is -0.0631. The lowest BCUT2D eigenvalue weighted by atomic mass is 9.94. The van der Waals surface area contributed by atoms with E-state index in [-0.39, 0.29) is 5.54 Å². The largest absolute Gasteiger partial charge is 0.287 e. The van der Waals surface area contributed by atoms with E-state index in [2.05, 4.69) is 82.5 Å². The maximum atomic E-state index is 4.76. The molecule has 22 heavy (non-hydrogen) atoms. The number of hydrogen-bond donors (Lipinski definition) is 0. The van der Waals surface area contributed by atoms with E-state index in [1.165, 1.54) is 33.0 Å². The van der Waals surface area contributed by atoms with Crippen LogP contribution in [0.5, 0.6) is 0 Å². The van der Waals surface area contributed by atoms with Crippen molar-refractivity contribution in [2.75, 3.05) is 0 Å². The van der Waals surface area contributed by atoms with Gasteiger partial charge in [0, 0.05) is 11.8 Å². The Kier molecular flexibility index (Phi) is 3.74. The summed E-state index contributed by atoms with van der Waals surface area (Å²) >= 11 is 0. The number of allylic oxidation sites excluding steroid dienone is 4. The molecule has 1 aliphatic carbocycles. The molecule has 0 saturated carbocycles. The minimum Gasteiger partial charge on any atom is -0.287 e. The number of fused-ring (bicyclic) bond motifs is 1. The first kappa shape index (κ1) is 14.8. The first-order valence-corrected chi connectivity index (χ1v) is 7.89. The van der Waals surface area contributed by atoms with Crippen LogP contribution in [0.1, 0.15) is 45.2 Å². The first-order valence-electron chi connectivity index (χ1n) is 7.89. The molecule has 0 radical (unpaired) electrons. The highest BCUT2D eigenvalue weighted by molar-refractivity contribution is 6.04. The zero-order valence-corrected chi connectivity index (χ0v) is 13.9. The molecule has 0 saturated heterocycles. The molecule has 2 aromatic carbocycles. The Labute approximate surface area is 133 Å². The van der Waals surface area contributed by atoms with Crippen LogP contribution in [0.3, 0.4) is 0 Å². The summed E-state index contributed by atoms with van der Waals surface area (Å²) in [5.41, 5.74) is 5.22. The quantitative estimate of drug-likeness (QED) is 0.620. The van der Waals surface area contributed by atoms with Crippen molar-refractivity contribution in [1.29, 1.82) is 0 Å². The summed E-state index contributed by atoms with van der Waals surface area (Å²) in [7, 11) is 0. The summed E-state index contributed by atoms with van der Waals surface area (Å²) in [6.07, 6.45) is 7.65. The summed E-state index contributed by atoms with van der Waals surface area (Å²) in [6, 6.07) is 13.0. The van der Waals surface area contributed by atoms with Crippen molar-refractivity contribution >= 4 is 22.6 Å². The van der Waals surface area contributed by atoms with Gasteiger partial charge in [0.2, 0.25) is 0 Å². The van der Waals surface area contributed by atoms with Crippen LogP contribution in [-0.4, -0.2) is 11.8 Å². The minimum absolute atomic E-state index is 0.0631. The van der Waals surface area contributed by atoms with E-state index in [9.17, 15) is 0 Å². The third kappa shape index (κ3) is 3.04. The smallest absolute Gasteiger partial charge is 0.0524 e. The molecular formula is C21H23N. The van der Waals surface area contributed by atoms with Gasteiger partial charge in [0.05, 0.1) is 5.54 Å². The molecule has 1 nitrogen and oxygen atoms in total. The highest BCUT2D eigenvalue weighted by Gasteiger charge is 2.13. The first-order chi connectivity index (χ1) is 10.4. The summed E-state index contributed by atoms with van der Waals surface area (Å²) in [6.45, 7) is 8.56. The molecule has 3 rings (SSSR count). The summed E-state index contributed by atoms with van der Waals surface area (Å²) in [5, 5.41) is 2.54. The van der Waals surface area contributed by atoms with Crippen molar-refractivity contribution in [3.8, 4) is 0 Å². The van der Waals surface area contributed by atoms with Gasteiger partial charge in [-0.15, -0.1) is 0 Å². The number of benzene rings is 2. The van der Waals surface area contributed by atoms with Gasteiger partial charge in [-0.05, 0) is 56.0 Å². The lowest BCUT2D eigenvalue weighted by Gasteiger charge is -2.14. The second-order valence-electron chi connectivity index (χ2n) is 7.00. The fourth-order valence-corrected chi connectivity index (χ4v) is 2.82. The van der Waals surface area contributed by atoms with Gasteiger partial charge in [-0.25, -0.2) is 0 Å². The fourth-order valence-electron chi connectivity index (χ4n) is 2.82. The number of aliphatic imine (C=N–C) groups is 1. The SMILES string of the molecule is CC1=CCC(c2ccc3ccccc3c2/C=N/C(C)(C)C)=C1. The summed E-state index contributed by atoms with van der Waals surface area (Å²) in [4.78, 5) is 4.76. The van der Waals surface area contributed by atoms with Crippen LogP contribution in [0.4, 0.5) is 0 Å². The van der Waals surface area contributed by atoms with Crippen molar-refractivity contribution < 1.29 is 0 Å². The van der Waals surface area contributed by atoms with Crippen molar-refractivity contribution in [3.63, 3.8) is 0 Å². The van der Waals surface area contributed by atoms with Crippen molar-refractivity contribution in [3.05, 3.63) is 65.3 Å². The van der Waals surface area contributed by atoms with E-state index in [0.29, 0.717) is 0 Å². The van der Waals surface area contributed by atoms with Crippen LogP contribution in [0.2, 0.25) is 0 Å². The van der Waals surface area contributed by atoms with Gasteiger partial charge in [0.25, 0.3) is 0 Å². The average molecular weight is 289 g/mol. The van der Waals surface area contributed by atoms with Crippen LogP contribution in [-0.2, 0) is 0 Å². The summed E-state index contributed by atoms with van der Waals surface area (Å²) in [5.74, 6) is 0. The van der Waals surface area contributed by atoms with Crippen LogP contribution in [0, 0.1) is 0 Å². The van der Waals surface area contributed by atoms with Crippen molar-refractivity contribution in [1.82, 2.24) is 0 Å². The van der Waals surface area contributed by atoms with E-state index in [1.54, 1.807) is 0 Å². The molecule has 0 atom stereocenters. The second kappa shape index (κ2) is 5.57. The van der Waals surface area contributed by atoms with Crippen LogP contribution >= 0.6 is 0 Å². The van der Waals surface area contributed by atoms with Gasteiger partial charge in [-0.3, -0.25) is 4.99 Å². The van der Waals surface area contributed by atoms with E-state index >= 15 is 0 Å². The molecule has 0 heterocycles. The zero-order chi connectivity index (χ0) is 15.7. The van der Waals surface area contributed by atoms with Gasteiger partial charge < -0.3 is 0 Å². The number of hydrogen-bond acceptors (Lipinski definition) is 1. The predicted molar refractivity (Wildman–Crippen MR) is 97.6 cm³/mol. The van der Waals surface area contributed by atoms with Gasteiger partial charge >= 0.3 is 0 Å². The third-order valence-corrected chi connectivity index (χ3v) is 3.94. The normalized spacial score (nSPS) is 15.5. The summed E-state index contributed by atoms with van der Waals surface area (Å²) < 4.78 is 0. The lowest BCUT2D eigenvalue weighted by Crippen LogP contribution is -2.10. The Balaban J connectivity index is 2.20. The Hall–Kier alpha value is -2.15. The molecule has 2 aromatic rings. The Morgan fingerprint density at radius 1 is 1.05 bits per heavy atom. The Morgan fingerprint density at radius 3 is 2.50 bits per heavy atom. The molecule has 0 unspecified atom stereocenters. The molecule has 0 fully saturated rings. The molecule has 0 N–H and O–H groups in total. The molecule has 1 heteroatoms. The van der Waals surface area contributed by atoms with Crippen molar-refractivity contribution in [2.24, 2.45) is 4.99 Å². The van der Waals surface area contributed by atoms with Crippen molar-refractivity contribution in [2.45, 2.75) is 39.7 Å². The Morgan fingerprint density at radius 2 is 1.82 bits per heavy atom. The van der Waals surface area contributed by atoms with E-state index in [4.69, 9.17) is 4.99 Å². The topological polar surface area (TPSA) is 12.4 Å². The molecule has 0 aliphatic heterocycles. The van der Waals surface area contributed by atoms with E-state index < -0.39 is 0 Å². The monoisotopic (exact) mass is 289 g/mol.